The van der Waals surface area contributed by atoms with E-state index >= 15 is 0 Å². The first-order valence-corrected chi connectivity index (χ1v) is 4.55. The summed E-state index contributed by atoms with van der Waals surface area (Å²) >= 11 is 0. The molecule has 0 unspecified atom stereocenters. The van der Waals surface area contributed by atoms with E-state index in [0.29, 0.717) is 0 Å². The number of aromatic nitrogens is 1. The molecule has 1 N–H and O–H groups in total. The molecule has 1 saturated heterocycles. The summed E-state index contributed by atoms with van der Waals surface area (Å²) in [5.41, 5.74) is 0.620. The van der Waals surface area contributed by atoms with Gasteiger partial charge in [-0.1, -0.05) is 12.1 Å². The molecular weight excluding hydrogens is 168 g/mol. The molecule has 0 saturated carbocycles. The van der Waals surface area contributed by atoms with Crippen LogP contribution >= 0.6 is 0 Å². The SMILES string of the molecule is CCC1(O)CN(Cc2cnoc2)C1. The van der Waals surface area contributed by atoms with Crippen LogP contribution in [0.3, 0.4) is 0 Å². The van der Waals surface area contributed by atoms with Gasteiger partial charge in [0.05, 0.1) is 11.8 Å². The maximum atomic E-state index is 9.74. The highest BCUT2D eigenvalue weighted by Crippen LogP contribution is 2.25. The standard InChI is InChI=1S/C9H14N2O2/c1-2-9(12)6-11(7-9)4-8-3-10-13-5-8/h3,5,12H,2,4,6-7H2,1H3. The Kier molecular flexibility index (Phi) is 2.09. The molecule has 0 aromatic carbocycles. The van der Waals surface area contributed by atoms with Crippen LogP contribution in [0.25, 0.3) is 0 Å². The third-order valence-corrected chi connectivity index (χ3v) is 2.58. The van der Waals surface area contributed by atoms with Crippen molar-refractivity contribution in [2.75, 3.05) is 13.1 Å². The van der Waals surface area contributed by atoms with Crippen molar-refractivity contribution in [3.8, 4) is 0 Å². The van der Waals surface area contributed by atoms with Gasteiger partial charge in [0.15, 0.2) is 0 Å². The van der Waals surface area contributed by atoms with Crippen LogP contribution in [0.4, 0.5) is 0 Å². The molecule has 0 spiro atoms. The lowest BCUT2D eigenvalue weighted by Gasteiger charge is -2.46. The van der Waals surface area contributed by atoms with Gasteiger partial charge in [0.2, 0.25) is 0 Å². The molecule has 4 nitrogen and oxygen atoms in total. The van der Waals surface area contributed by atoms with Crippen molar-refractivity contribution in [3.05, 3.63) is 18.0 Å². The van der Waals surface area contributed by atoms with Crippen LogP contribution in [0.15, 0.2) is 17.0 Å². The highest BCUT2D eigenvalue weighted by atomic mass is 16.5. The van der Waals surface area contributed by atoms with E-state index in [1.165, 1.54) is 0 Å². The Labute approximate surface area is 77.1 Å². The quantitative estimate of drug-likeness (QED) is 0.745. The monoisotopic (exact) mass is 182 g/mol. The summed E-state index contributed by atoms with van der Waals surface area (Å²) < 4.78 is 4.72. The Morgan fingerprint density at radius 3 is 3.00 bits per heavy atom. The first-order chi connectivity index (χ1) is 6.22. The Balaban J connectivity index is 1.82. The maximum absolute atomic E-state index is 9.74. The van der Waals surface area contributed by atoms with Crippen molar-refractivity contribution in [1.29, 1.82) is 0 Å². The summed E-state index contributed by atoms with van der Waals surface area (Å²) in [5, 5.41) is 13.4. The normalized spacial score (nSPS) is 21.4. The molecule has 1 aliphatic heterocycles. The van der Waals surface area contributed by atoms with E-state index in [1.807, 2.05) is 6.92 Å². The zero-order chi connectivity index (χ0) is 9.31. The number of rotatable bonds is 3. The lowest BCUT2D eigenvalue weighted by Crippen LogP contribution is -2.60. The van der Waals surface area contributed by atoms with E-state index in [9.17, 15) is 5.11 Å². The molecule has 0 aliphatic carbocycles. The van der Waals surface area contributed by atoms with Crippen LogP contribution in [0.5, 0.6) is 0 Å². The molecule has 2 rings (SSSR count). The van der Waals surface area contributed by atoms with Crippen molar-refractivity contribution in [3.63, 3.8) is 0 Å². The van der Waals surface area contributed by atoms with Crippen LogP contribution in [0, 0.1) is 0 Å². The minimum atomic E-state index is -0.447. The zero-order valence-electron chi connectivity index (χ0n) is 7.73. The molecule has 1 fully saturated rings. The topological polar surface area (TPSA) is 49.5 Å². The van der Waals surface area contributed by atoms with E-state index < -0.39 is 5.60 Å². The van der Waals surface area contributed by atoms with Crippen molar-refractivity contribution < 1.29 is 9.63 Å². The predicted octanol–water partition coefficient (Wildman–Crippen LogP) is 0.631. The molecule has 0 atom stereocenters. The summed E-state index contributed by atoms with van der Waals surface area (Å²) in [6.45, 7) is 4.35. The molecule has 4 heteroatoms. The van der Waals surface area contributed by atoms with E-state index in [4.69, 9.17) is 4.52 Å². The fourth-order valence-corrected chi connectivity index (χ4v) is 1.68. The van der Waals surface area contributed by atoms with Gasteiger partial charge in [-0.2, -0.15) is 0 Å². The molecule has 2 heterocycles. The Hall–Kier alpha value is -0.870. The average Bonchev–Trinajstić information content (AvgIpc) is 2.54. The number of likely N-dealkylation sites (tertiary alicyclic amines) is 1. The Morgan fingerprint density at radius 2 is 2.46 bits per heavy atom. The minimum Gasteiger partial charge on any atom is -0.387 e. The van der Waals surface area contributed by atoms with Gasteiger partial charge in [-0.25, -0.2) is 0 Å². The van der Waals surface area contributed by atoms with Crippen molar-refractivity contribution in [2.45, 2.75) is 25.5 Å². The Bertz CT molecular complexity index is 265. The summed E-state index contributed by atoms with van der Waals surface area (Å²) in [7, 11) is 0. The van der Waals surface area contributed by atoms with E-state index in [1.54, 1.807) is 12.5 Å². The molecule has 1 aliphatic rings. The van der Waals surface area contributed by atoms with Gasteiger partial charge in [-0.3, -0.25) is 4.90 Å². The summed E-state index contributed by atoms with van der Waals surface area (Å²) in [5.74, 6) is 0. The largest absolute Gasteiger partial charge is 0.387 e. The van der Waals surface area contributed by atoms with Crippen LogP contribution in [-0.4, -0.2) is 33.9 Å². The maximum Gasteiger partial charge on any atom is 0.128 e. The van der Waals surface area contributed by atoms with Gasteiger partial charge in [0, 0.05) is 25.2 Å². The molecule has 0 amide bonds. The smallest absolute Gasteiger partial charge is 0.128 e. The first kappa shape index (κ1) is 8.72. The lowest BCUT2D eigenvalue weighted by atomic mass is 9.91. The summed E-state index contributed by atoms with van der Waals surface area (Å²) in [4.78, 5) is 2.18. The van der Waals surface area contributed by atoms with Gasteiger partial charge in [0.1, 0.15) is 6.26 Å². The average molecular weight is 182 g/mol. The van der Waals surface area contributed by atoms with Gasteiger partial charge < -0.3 is 9.63 Å². The molecule has 1 aromatic rings. The van der Waals surface area contributed by atoms with E-state index in [-0.39, 0.29) is 0 Å². The lowest BCUT2D eigenvalue weighted by molar-refractivity contribution is -0.103. The molecule has 1 aromatic heterocycles. The summed E-state index contributed by atoms with van der Waals surface area (Å²) in [6.07, 6.45) is 4.18. The van der Waals surface area contributed by atoms with Gasteiger partial charge >= 0.3 is 0 Å². The molecule has 0 radical (unpaired) electrons. The Morgan fingerprint density at radius 1 is 1.69 bits per heavy atom. The fraction of sp³-hybridized carbons (Fsp3) is 0.667. The second kappa shape index (κ2) is 3.12. The predicted molar refractivity (Wildman–Crippen MR) is 47.0 cm³/mol. The molecule has 72 valence electrons. The minimum absolute atomic E-state index is 0.447. The van der Waals surface area contributed by atoms with E-state index in [2.05, 4.69) is 10.1 Å². The van der Waals surface area contributed by atoms with Gasteiger partial charge in [-0.15, -0.1) is 0 Å². The number of aliphatic hydroxyl groups is 1. The second-order valence-electron chi connectivity index (χ2n) is 3.76. The van der Waals surface area contributed by atoms with Crippen molar-refractivity contribution in [2.24, 2.45) is 0 Å². The van der Waals surface area contributed by atoms with Crippen LogP contribution in [0.1, 0.15) is 18.9 Å². The molecular formula is C9H14N2O2. The second-order valence-corrected chi connectivity index (χ2v) is 3.76. The van der Waals surface area contributed by atoms with Gasteiger partial charge in [0.25, 0.3) is 0 Å². The third kappa shape index (κ3) is 1.73. The van der Waals surface area contributed by atoms with Crippen molar-refractivity contribution >= 4 is 0 Å². The third-order valence-electron chi connectivity index (χ3n) is 2.58. The number of hydrogen-bond donors (Lipinski definition) is 1. The van der Waals surface area contributed by atoms with Gasteiger partial charge in [-0.05, 0) is 6.42 Å². The molecule has 0 bridgehead atoms. The first-order valence-electron chi connectivity index (χ1n) is 4.55. The fourth-order valence-electron chi connectivity index (χ4n) is 1.68. The number of β-amino-alcohol motifs (C(OH)–C–C–N with tert-alkyl or cyclic N) is 1. The van der Waals surface area contributed by atoms with Crippen LogP contribution < -0.4 is 0 Å². The number of nitrogens with zero attached hydrogens (tertiary/aromatic N) is 2. The highest BCUT2D eigenvalue weighted by molar-refractivity contribution is 5.04. The van der Waals surface area contributed by atoms with Crippen LogP contribution in [0.2, 0.25) is 0 Å². The molecule has 13 heavy (non-hydrogen) atoms. The van der Waals surface area contributed by atoms with E-state index in [0.717, 1.165) is 31.6 Å². The summed E-state index contributed by atoms with van der Waals surface area (Å²) in [6, 6.07) is 0. The number of hydrogen-bond acceptors (Lipinski definition) is 4. The highest BCUT2D eigenvalue weighted by Gasteiger charge is 2.39. The van der Waals surface area contributed by atoms with Crippen molar-refractivity contribution in [1.82, 2.24) is 10.1 Å². The zero-order valence-corrected chi connectivity index (χ0v) is 7.73. The van der Waals surface area contributed by atoms with Crippen LogP contribution in [-0.2, 0) is 6.54 Å².